The average Bonchev–Trinajstić information content (AvgIpc) is 3.17. The van der Waals surface area contributed by atoms with Crippen molar-refractivity contribution in [2.45, 2.75) is 6.54 Å². The monoisotopic (exact) mass is 350 g/mol. The largest absolute Gasteiger partial charge is 0.466 e. The van der Waals surface area contributed by atoms with Gasteiger partial charge in [0, 0.05) is 13.2 Å². The van der Waals surface area contributed by atoms with E-state index in [1.165, 1.54) is 17.5 Å². The Kier molecular flexibility index (Phi) is 3.65. The lowest BCUT2D eigenvalue weighted by atomic mass is 10.1. The first kappa shape index (κ1) is 15.8. The van der Waals surface area contributed by atoms with Crippen LogP contribution in [0.5, 0.6) is 0 Å². The highest BCUT2D eigenvalue weighted by molar-refractivity contribution is 6.00. The molecule has 4 rings (SSSR count). The summed E-state index contributed by atoms with van der Waals surface area (Å²) >= 11 is 0. The molecule has 26 heavy (non-hydrogen) atoms. The zero-order valence-corrected chi connectivity index (χ0v) is 14.0. The first-order valence-corrected chi connectivity index (χ1v) is 7.98. The number of pyridine rings is 2. The summed E-state index contributed by atoms with van der Waals surface area (Å²) in [5.74, 6) is 0.461. The Bertz CT molecular complexity index is 1200. The van der Waals surface area contributed by atoms with Crippen molar-refractivity contribution in [2.75, 3.05) is 12.8 Å². The van der Waals surface area contributed by atoms with Crippen molar-refractivity contribution in [2.24, 2.45) is 0 Å². The number of nitrogens with two attached hydrogens (primary N) is 1. The lowest BCUT2D eigenvalue weighted by molar-refractivity contribution is -0.651. The van der Waals surface area contributed by atoms with Crippen LogP contribution in [-0.2, 0) is 6.54 Å². The van der Waals surface area contributed by atoms with Gasteiger partial charge in [-0.1, -0.05) is 11.1 Å². The molecule has 4 heterocycles. The molecule has 8 nitrogen and oxygen atoms in total. The Hall–Kier alpha value is -3.68. The Labute approximate surface area is 147 Å². The van der Waals surface area contributed by atoms with E-state index in [2.05, 4.69) is 10.3 Å². The fraction of sp³-hybridized carbons (Fsp3) is 0.111. The molecule has 0 saturated heterocycles. The predicted octanol–water partition coefficient (Wildman–Crippen LogP) is 0.718. The summed E-state index contributed by atoms with van der Waals surface area (Å²) < 4.78 is 8.45. The highest BCUT2D eigenvalue weighted by Crippen LogP contribution is 2.15. The van der Waals surface area contributed by atoms with E-state index in [-0.39, 0.29) is 29.4 Å². The molecule has 0 aliphatic rings. The fourth-order valence-corrected chi connectivity index (χ4v) is 2.94. The molecule has 8 heteroatoms. The SMILES string of the molecule is CNC(=O)c1cc2c(=O)n3ccccc3nc2[n+](Cc2ccco2)c1N. The molecule has 130 valence electrons. The van der Waals surface area contributed by atoms with Gasteiger partial charge in [0.05, 0.1) is 6.26 Å². The molecule has 0 radical (unpaired) electrons. The number of nitrogens with zero attached hydrogens (tertiary/aromatic N) is 3. The van der Waals surface area contributed by atoms with Gasteiger partial charge in [-0.2, -0.15) is 0 Å². The smallest absolute Gasteiger partial charge is 0.278 e. The van der Waals surface area contributed by atoms with E-state index in [0.29, 0.717) is 22.4 Å². The summed E-state index contributed by atoms with van der Waals surface area (Å²) in [5, 5.41) is 2.84. The molecule has 0 unspecified atom stereocenters. The van der Waals surface area contributed by atoms with E-state index in [0.717, 1.165) is 0 Å². The number of anilines is 1. The van der Waals surface area contributed by atoms with E-state index in [1.54, 1.807) is 47.4 Å². The van der Waals surface area contributed by atoms with Crippen LogP contribution in [0.3, 0.4) is 0 Å². The number of furan rings is 1. The Balaban J connectivity index is 2.12. The number of carbonyl (C=O) groups excluding carboxylic acids is 1. The first-order valence-electron chi connectivity index (χ1n) is 7.98. The van der Waals surface area contributed by atoms with Gasteiger partial charge in [-0.05, 0) is 30.3 Å². The molecule has 4 aromatic rings. The zero-order valence-electron chi connectivity index (χ0n) is 14.0. The van der Waals surface area contributed by atoms with Gasteiger partial charge in [0.2, 0.25) is 11.5 Å². The second-order valence-electron chi connectivity index (χ2n) is 5.77. The van der Waals surface area contributed by atoms with Crippen molar-refractivity contribution in [1.82, 2.24) is 14.7 Å². The molecule has 0 aliphatic heterocycles. The van der Waals surface area contributed by atoms with Gasteiger partial charge in [0.1, 0.15) is 23.3 Å². The summed E-state index contributed by atoms with van der Waals surface area (Å²) in [7, 11) is 1.51. The van der Waals surface area contributed by atoms with Crippen molar-refractivity contribution in [3.8, 4) is 0 Å². The molecule has 0 aliphatic carbocycles. The van der Waals surface area contributed by atoms with E-state index in [4.69, 9.17) is 10.2 Å². The second kappa shape index (κ2) is 5.99. The molecular formula is C18H16N5O3+. The number of nitrogen functional groups attached to an aromatic ring is 1. The fourth-order valence-electron chi connectivity index (χ4n) is 2.94. The molecule has 4 aromatic heterocycles. The van der Waals surface area contributed by atoms with Crippen LogP contribution in [0, 0.1) is 0 Å². The van der Waals surface area contributed by atoms with E-state index in [9.17, 15) is 9.59 Å². The second-order valence-corrected chi connectivity index (χ2v) is 5.77. The maximum atomic E-state index is 12.9. The van der Waals surface area contributed by atoms with Crippen molar-refractivity contribution in [3.05, 3.63) is 70.5 Å². The standard InChI is InChI=1S/C18H15N5O3/c1-20-17(24)12-9-13-16(21-14-6-2-3-7-22(14)18(13)25)23(15(12)19)10-11-5-4-8-26-11/h2-9,19H,10H2,1H3,(H,20,24)/p+1. The van der Waals surface area contributed by atoms with Crippen molar-refractivity contribution in [3.63, 3.8) is 0 Å². The minimum Gasteiger partial charge on any atom is -0.466 e. The Morgan fingerprint density at radius 1 is 1.35 bits per heavy atom. The molecule has 0 bridgehead atoms. The van der Waals surface area contributed by atoms with Crippen LogP contribution in [0.15, 0.2) is 58.1 Å². The van der Waals surface area contributed by atoms with Gasteiger partial charge in [-0.3, -0.25) is 14.0 Å². The maximum Gasteiger partial charge on any atom is 0.278 e. The predicted molar refractivity (Wildman–Crippen MR) is 94.8 cm³/mol. The van der Waals surface area contributed by atoms with Crippen LogP contribution < -0.4 is 21.2 Å². The number of aromatic nitrogens is 3. The molecule has 0 spiro atoms. The third kappa shape index (κ3) is 2.39. The Morgan fingerprint density at radius 2 is 2.19 bits per heavy atom. The number of amides is 1. The zero-order chi connectivity index (χ0) is 18.3. The quantitative estimate of drug-likeness (QED) is 0.418. The summed E-state index contributed by atoms with van der Waals surface area (Å²) in [4.78, 5) is 29.8. The van der Waals surface area contributed by atoms with Crippen LogP contribution in [0.2, 0.25) is 0 Å². The van der Waals surface area contributed by atoms with Gasteiger partial charge in [0.25, 0.3) is 17.1 Å². The lowest BCUT2D eigenvalue weighted by Gasteiger charge is -2.10. The topological polar surface area (TPSA) is 107 Å². The van der Waals surface area contributed by atoms with E-state index >= 15 is 0 Å². The third-order valence-electron chi connectivity index (χ3n) is 4.23. The average molecular weight is 350 g/mol. The molecule has 0 atom stereocenters. The van der Waals surface area contributed by atoms with Gasteiger partial charge < -0.3 is 15.5 Å². The first-order chi connectivity index (χ1) is 12.6. The van der Waals surface area contributed by atoms with Crippen LogP contribution in [0.25, 0.3) is 16.7 Å². The minimum atomic E-state index is -0.379. The normalized spacial score (nSPS) is 11.1. The van der Waals surface area contributed by atoms with Gasteiger partial charge in [-0.25, -0.2) is 4.57 Å². The summed E-state index contributed by atoms with van der Waals surface area (Å²) in [6.07, 6.45) is 3.19. The van der Waals surface area contributed by atoms with Gasteiger partial charge in [-0.15, -0.1) is 0 Å². The lowest BCUT2D eigenvalue weighted by Crippen LogP contribution is -2.43. The third-order valence-corrected chi connectivity index (χ3v) is 4.23. The number of carbonyl (C=O) groups is 1. The summed E-state index contributed by atoms with van der Waals surface area (Å²) in [5.41, 5.74) is 7.07. The number of nitrogens with one attached hydrogen (secondary N) is 1. The molecule has 0 saturated carbocycles. The molecular weight excluding hydrogens is 334 g/mol. The minimum absolute atomic E-state index is 0.209. The van der Waals surface area contributed by atoms with Crippen LogP contribution in [0.4, 0.5) is 5.82 Å². The van der Waals surface area contributed by atoms with Crippen LogP contribution in [-0.4, -0.2) is 22.3 Å². The van der Waals surface area contributed by atoms with Crippen LogP contribution >= 0.6 is 0 Å². The summed E-state index contributed by atoms with van der Waals surface area (Å²) in [6, 6.07) is 10.3. The van der Waals surface area contributed by atoms with Crippen molar-refractivity contribution in [1.29, 1.82) is 0 Å². The van der Waals surface area contributed by atoms with E-state index < -0.39 is 0 Å². The number of hydrogen-bond acceptors (Lipinski definition) is 5. The molecule has 0 fully saturated rings. The maximum absolute atomic E-state index is 12.9. The van der Waals surface area contributed by atoms with E-state index in [1.807, 2.05) is 0 Å². The number of fused-ring (bicyclic) bond motifs is 2. The summed E-state index contributed by atoms with van der Waals surface area (Å²) in [6.45, 7) is 0.246. The van der Waals surface area contributed by atoms with Crippen molar-refractivity contribution < 1.29 is 13.8 Å². The van der Waals surface area contributed by atoms with Crippen molar-refractivity contribution >= 4 is 28.4 Å². The Morgan fingerprint density at radius 3 is 2.92 bits per heavy atom. The molecule has 3 N–H and O–H groups in total. The number of rotatable bonds is 3. The molecule has 1 amide bonds. The number of hydrogen-bond donors (Lipinski definition) is 2. The molecule has 0 aromatic carbocycles. The van der Waals surface area contributed by atoms with Crippen LogP contribution in [0.1, 0.15) is 16.1 Å². The van der Waals surface area contributed by atoms with Gasteiger partial charge >= 0.3 is 0 Å². The highest BCUT2D eigenvalue weighted by Gasteiger charge is 2.24. The highest BCUT2D eigenvalue weighted by atomic mass is 16.3. The van der Waals surface area contributed by atoms with Gasteiger partial charge in [0.15, 0.2) is 0 Å².